The van der Waals surface area contributed by atoms with Gasteiger partial charge in [0.15, 0.2) is 0 Å². The summed E-state index contributed by atoms with van der Waals surface area (Å²) in [5.74, 6) is 0.887. The van der Waals surface area contributed by atoms with Crippen LogP contribution in [-0.4, -0.2) is 19.8 Å². The van der Waals surface area contributed by atoms with Crippen molar-refractivity contribution in [3.8, 4) is 5.75 Å². The van der Waals surface area contributed by atoms with Crippen LogP contribution in [0.15, 0.2) is 48.5 Å². The Labute approximate surface area is 126 Å². The van der Waals surface area contributed by atoms with Crippen molar-refractivity contribution < 1.29 is 9.47 Å². The Hall–Kier alpha value is -2.00. The van der Waals surface area contributed by atoms with Crippen LogP contribution in [0.1, 0.15) is 18.1 Å². The van der Waals surface area contributed by atoms with Crippen LogP contribution in [-0.2, 0) is 11.3 Å². The standard InChI is InChI=1S/C18H23NO2/c1-3-20-11-12-21-18-6-4-5-16(13-18)14-19-17-9-7-15(2)8-10-17/h4-10,13,19H,3,11-12,14H2,1-2H3. The summed E-state index contributed by atoms with van der Waals surface area (Å²) in [6.07, 6.45) is 0. The zero-order valence-electron chi connectivity index (χ0n) is 12.8. The Morgan fingerprint density at radius 3 is 2.57 bits per heavy atom. The van der Waals surface area contributed by atoms with Gasteiger partial charge in [0.05, 0.1) is 6.61 Å². The first-order chi connectivity index (χ1) is 10.3. The highest BCUT2D eigenvalue weighted by Gasteiger charge is 1.98. The van der Waals surface area contributed by atoms with E-state index in [1.807, 2.05) is 19.1 Å². The van der Waals surface area contributed by atoms with Crippen molar-refractivity contribution in [2.24, 2.45) is 0 Å². The minimum Gasteiger partial charge on any atom is -0.491 e. The van der Waals surface area contributed by atoms with Crippen molar-refractivity contribution in [3.63, 3.8) is 0 Å². The molecule has 0 spiro atoms. The van der Waals surface area contributed by atoms with Crippen LogP contribution in [0.25, 0.3) is 0 Å². The third kappa shape index (κ3) is 5.48. The number of hydrogen-bond acceptors (Lipinski definition) is 3. The third-order valence-corrected chi connectivity index (χ3v) is 3.15. The van der Waals surface area contributed by atoms with Crippen LogP contribution < -0.4 is 10.1 Å². The quantitative estimate of drug-likeness (QED) is 0.743. The maximum absolute atomic E-state index is 5.66. The number of aryl methyl sites for hydroxylation is 1. The van der Waals surface area contributed by atoms with Gasteiger partial charge in [-0.25, -0.2) is 0 Å². The number of rotatable bonds is 8. The molecule has 2 aromatic carbocycles. The van der Waals surface area contributed by atoms with Gasteiger partial charge in [-0.05, 0) is 43.7 Å². The van der Waals surface area contributed by atoms with Gasteiger partial charge in [-0.3, -0.25) is 0 Å². The molecule has 0 radical (unpaired) electrons. The molecule has 0 aliphatic rings. The first-order valence-electron chi connectivity index (χ1n) is 7.38. The molecular weight excluding hydrogens is 262 g/mol. The lowest BCUT2D eigenvalue weighted by molar-refractivity contribution is 0.110. The van der Waals surface area contributed by atoms with Crippen LogP contribution in [0, 0.1) is 6.92 Å². The van der Waals surface area contributed by atoms with Crippen molar-refractivity contribution in [2.75, 3.05) is 25.1 Å². The molecule has 0 heterocycles. The minimum atomic E-state index is 0.586. The van der Waals surface area contributed by atoms with E-state index in [0.29, 0.717) is 13.2 Å². The number of benzene rings is 2. The van der Waals surface area contributed by atoms with E-state index in [1.165, 1.54) is 11.1 Å². The molecule has 2 aromatic rings. The third-order valence-electron chi connectivity index (χ3n) is 3.15. The van der Waals surface area contributed by atoms with E-state index in [9.17, 15) is 0 Å². The molecule has 0 saturated heterocycles. The van der Waals surface area contributed by atoms with Gasteiger partial charge < -0.3 is 14.8 Å². The minimum absolute atomic E-state index is 0.586. The molecule has 0 aliphatic carbocycles. The average Bonchev–Trinajstić information content (AvgIpc) is 2.52. The van der Waals surface area contributed by atoms with Gasteiger partial charge in [0.25, 0.3) is 0 Å². The van der Waals surface area contributed by atoms with Crippen molar-refractivity contribution in [1.82, 2.24) is 0 Å². The Morgan fingerprint density at radius 2 is 1.81 bits per heavy atom. The lowest BCUT2D eigenvalue weighted by atomic mass is 10.2. The van der Waals surface area contributed by atoms with Crippen molar-refractivity contribution in [2.45, 2.75) is 20.4 Å². The van der Waals surface area contributed by atoms with Gasteiger partial charge in [0.2, 0.25) is 0 Å². The predicted octanol–water partition coefficient (Wildman–Crippen LogP) is 4.02. The summed E-state index contributed by atoms with van der Waals surface area (Å²) in [6, 6.07) is 16.5. The molecule has 112 valence electrons. The Kier molecular flexibility index (Phi) is 6.10. The monoisotopic (exact) mass is 285 g/mol. The summed E-state index contributed by atoms with van der Waals surface area (Å²) in [7, 11) is 0. The summed E-state index contributed by atoms with van der Waals surface area (Å²) in [5, 5.41) is 3.41. The van der Waals surface area contributed by atoms with E-state index in [2.05, 4.69) is 48.6 Å². The molecule has 0 aromatic heterocycles. The lowest BCUT2D eigenvalue weighted by Crippen LogP contribution is -2.06. The molecular formula is C18H23NO2. The number of ether oxygens (including phenoxy) is 2. The summed E-state index contributed by atoms with van der Waals surface area (Å²) in [6.45, 7) is 6.80. The van der Waals surface area contributed by atoms with Gasteiger partial charge in [-0.15, -0.1) is 0 Å². The molecule has 0 atom stereocenters. The second-order valence-electron chi connectivity index (χ2n) is 4.91. The second kappa shape index (κ2) is 8.32. The van der Waals surface area contributed by atoms with Crippen molar-refractivity contribution in [3.05, 3.63) is 59.7 Å². The fourth-order valence-electron chi connectivity index (χ4n) is 1.98. The molecule has 1 N–H and O–H groups in total. The maximum atomic E-state index is 5.66. The molecule has 0 unspecified atom stereocenters. The zero-order valence-corrected chi connectivity index (χ0v) is 12.8. The molecule has 0 fully saturated rings. The Bertz CT molecular complexity index is 537. The Balaban J connectivity index is 1.84. The number of hydrogen-bond donors (Lipinski definition) is 1. The van der Waals surface area contributed by atoms with E-state index in [0.717, 1.165) is 24.6 Å². The van der Waals surface area contributed by atoms with E-state index in [4.69, 9.17) is 9.47 Å². The van der Waals surface area contributed by atoms with Gasteiger partial charge in [0, 0.05) is 18.8 Å². The number of nitrogens with one attached hydrogen (secondary N) is 1. The number of anilines is 1. The summed E-state index contributed by atoms with van der Waals surface area (Å²) >= 11 is 0. The van der Waals surface area contributed by atoms with E-state index in [1.54, 1.807) is 0 Å². The largest absolute Gasteiger partial charge is 0.491 e. The maximum Gasteiger partial charge on any atom is 0.119 e. The van der Waals surface area contributed by atoms with Gasteiger partial charge in [-0.1, -0.05) is 29.8 Å². The van der Waals surface area contributed by atoms with Gasteiger partial charge >= 0.3 is 0 Å². The van der Waals surface area contributed by atoms with E-state index >= 15 is 0 Å². The first-order valence-corrected chi connectivity index (χ1v) is 7.38. The highest BCUT2D eigenvalue weighted by Crippen LogP contribution is 2.15. The molecule has 0 bridgehead atoms. The van der Waals surface area contributed by atoms with Gasteiger partial charge in [0.1, 0.15) is 12.4 Å². The summed E-state index contributed by atoms with van der Waals surface area (Å²) < 4.78 is 10.9. The zero-order chi connectivity index (χ0) is 14.9. The highest BCUT2D eigenvalue weighted by molar-refractivity contribution is 5.45. The predicted molar refractivity (Wildman–Crippen MR) is 86.9 cm³/mol. The Morgan fingerprint density at radius 1 is 1.00 bits per heavy atom. The van der Waals surface area contributed by atoms with Crippen LogP contribution in [0.2, 0.25) is 0 Å². The van der Waals surface area contributed by atoms with Gasteiger partial charge in [-0.2, -0.15) is 0 Å². The molecule has 21 heavy (non-hydrogen) atoms. The molecule has 3 nitrogen and oxygen atoms in total. The van der Waals surface area contributed by atoms with E-state index in [-0.39, 0.29) is 0 Å². The molecule has 0 aliphatic heterocycles. The van der Waals surface area contributed by atoms with Crippen molar-refractivity contribution in [1.29, 1.82) is 0 Å². The normalized spacial score (nSPS) is 10.4. The van der Waals surface area contributed by atoms with Crippen LogP contribution in [0.5, 0.6) is 5.75 Å². The smallest absolute Gasteiger partial charge is 0.119 e. The second-order valence-corrected chi connectivity index (χ2v) is 4.91. The summed E-state index contributed by atoms with van der Waals surface area (Å²) in [4.78, 5) is 0. The highest BCUT2D eigenvalue weighted by atomic mass is 16.5. The molecule has 0 amide bonds. The lowest BCUT2D eigenvalue weighted by Gasteiger charge is -2.10. The molecule has 2 rings (SSSR count). The fourth-order valence-corrected chi connectivity index (χ4v) is 1.98. The van der Waals surface area contributed by atoms with Crippen LogP contribution in [0.3, 0.4) is 0 Å². The van der Waals surface area contributed by atoms with E-state index < -0.39 is 0 Å². The fraction of sp³-hybridized carbons (Fsp3) is 0.333. The average molecular weight is 285 g/mol. The van der Waals surface area contributed by atoms with Crippen LogP contribution in [0.4, 0.5) is 5.69 Å². The first kappa shape index (κ1) is 15.4. The van der Waals surface area contributed by atoms with Crippen LogP contribution >= 0.6 is 0 Å². The summed E-state index contributed by atoms with van der Waals surface area (Å²) in [5.41, 5.74) is 3.60. The topological polar surface area (TPSA) is 30.5 Å². The SMILES string of the molecule is CCOCCOc1cccc(CNc2ccc(C)cc2)c1. The van der Waals surface area contributed by atoms with Crippen molar-refractivity contribution >= 4 is 5.69 Å². The molecule has 0 saturated carbocycles. The molecule has 3 heteroatoms.